The summed E-state index contributed by atoms with van der Waals surface area (Å²) in [7, 11) is -1.22. The molecule has 3 rings (SSSR count). The van der Waals surface area contributed by atoms with Crippen LogP contribution in [0.5, 0.6) is 11.5 Å². The van der Waals surface area contributed by atoms with Gasteiger partial charge in [0.1, 0.15) is 29.9 Å². The van der Waals surface area contributed by atoms with E-state index in [1.807, 2.05) is 44.2 Å². The van der Waals surface area contributed by atoms with Crippen LogP contribution in [-0.4, -0.2) is 64.2 Å². The van der Waals surface area contributed by atoms with Gasteiger partial charge in [0.15, 0.2) is 0 Å². The topological polar surface area (TPSA) is 105 Å². The number of hydrogen-bond donors (Lipinski definition) is 1. The summed E-state index contributed by atoms with van der Waals surface area (Å²) in [6.07, 6.45) is 1.75. The van der Waals surface area contributed by atoms with Crippen molar-refractivity contribution in [3.8, 4) is 11.5 Å². The zero-order valence-electron chi connectivity index (χ0n) is 24.5. The van der Waals surface area contributed by atoms with Gasteiger partial charge in [-0.1, -0.05) is 55.5 Å². The molecule has 0 aromatic heterocycles. The lowest BCUT2D eigenvalue weighted by Crippen LogP contribution is -2.54. The minimum atomic E-state index is -4.04. The molecular formula is C31H38FN3O6S. The molecule has 0 aliphatic heterocycles. The number of carbonyl (C=O) groups excluding carboxylic acids is 2. The molecule has 0 unspecified atom stereocenters. The zero-order chi connectivity index (χ0) is 30.9. The molecule has 9 nitrogen and oxygen atoms in total. The number of ether oxygens (including phenoxy) is 2. The van der Waals surface area contributed by atoms with Gasteiger partial charge >= 0.3 is 0 Å². The number of sulfonamides is 1. The number of amides is 2. The highest BCUT2D eigenvalue weighted by Gasteiger charge is 2.34. The Kier molecular flexibility index (Phi) is 11.3. The highest BCUT2D eigenvalue weighted by molar-refractivity contribution is 7.92. The second kappa shape index (κ2) is 14.7. The summed E-state index contributed by atoms with van der Waals surface area (Å²) in [5, 5.41) is 2.94. The number of carbonyl (C=O) groups is 2. The van der Waals surface area contributed by atoms with E-state index in [0.717, 1.165) is 16.1 Å². The van der Waals surface area contributed by atoms with Crippen molar-refractivity contribution in [3.05, 3.63) is 89.7 Å². The Labute approximate surface area is 247 Å². The monoisotopic (exact) mass is 599 g/mol. The fourth-order valence-corrected chi connectivity index (χ4v) is 5.24. The van der Waals surface area contributed by atoms with E-state index in [2.05, 4.69) is 5.32 Å². The quantitative estimate of drug-likeness (QED) is 0.298. The van der Waals surface area contributed by atoms with Gasteiger partial charge in [-0.25, -0.2) is 12.8 Å². The molecule has 3 aromatic rings. The summed E-state index contributed by atoms with van der Waals surface area (Å²) in [6, 6.07) is 18.4. The third-order valence-corrected chi connectivity index (χ3v) is 8.03. The van der Waals surface area contributed by atoms with Crippen molar-refractivity contribution in [1.29, 1.82) is 0 Å². The Morgan fingerprint density at radius 1 is 0.976 bits per heavy atom. The van der Waals surface area contributed by atoms with Crippen molar-refractivity contribution < 1.29 is 31.9 Å². The van der Waals surface area contributed by atoms with E-state index >= 15 is 0 Å². The van der Waals surface area contributed by atoms with Crippen LogP contribution in [0.4, 0.5) is 10.1 Å². The zero-order valence-corrected chi connectivity index (χ0v) is 25.4. The molecule has 3 aromatic carbocycles. The van der Waals surface area contributed by atoms with Crippen LogP contribution in [0.3, 0.4) is 0 Å². The second-order valence-electron chi connectivity index (χ2n) is 9.94. The predicted octanol–water partition coefficient (Wildman–Crippen LogP) is 4.16. The molecule has 0 saturated carbocycles. The molecule has 0 spiro atoms. The van der Waals surface area contributed by atoms with Crippen LogP contribution >= 0.6 is 0 Å². The van der Waals surface area contributed by atoms with Crippen molar-refractivity contribution in [2.24, 2.45) is 0 Å². The van der Waals surface area contributed by atoms with E-state index < -0.39 is 40.2 Å². The van der Waals surface area contributed by atoms with E-state index in [9.17, 15) is 22.4 Å². The van der Waals surface area contributed by atoms with Gasteiger partial charge in [0.25, 0.3) is 0 Å². The largest absolute Gasteiger partial charge is 0.497 e. The number of halogens is 1. The maximum atomic E-state index is 14.9. The van der Waals surface area contributed by atoms with E-state index in [4.69, 9.17) is 9.47 Å². The van der Waals surface area contributed by atoms with Crippen LogP contribution < -0.4 is 19.1 Å². The molecule has 0 aliphatic carbocycles. The summed E-state index contributed by atoms with van der Waals surface area (Å²) >= 11 is 0. The smallest absolute Gasteiger partial charge is 0.244 e. The molecule has 0 heterocycles. The molecule has 0 fully saturated rings. The molecule has 2 amide bonds. The van der Waals surface area contributed by atoms with Gasteiger partial charge in [-0.3, -0.25) is 13.9 Å². The highest BCUT2D eigenvalue weighted by Crippen LogP contribution is 2.34. The Morgan fingerprint density at radius 2 is 1.64 bits per heavy atom. The fraction of sp³-hybridized carbons (Fsp3) is 0.355. The third kappa shape index (κ3) is 8.45. The predicted molar refractivity (Wildman–Crippen MR) is 161 cm³/mol. The molecule has 226 valence electrons. The van der Waals surface area contributed by atoms with Gasteiger partial charge in [0.2, 0.25) is 21.8 Å². The maximum Gasteiger partial charge on any atom is 0.244 e. The number of hydrogen-bond acceptors (Lipinski definition) is 6. The summed E-state index contributed by atoms with van der Waals surface area (Å²) in [4.78, 5) is 29.1. The number of nitrogens with one attached hydrogen (secondary N) is 1. The first-order valence-electron chi connectivity index (χ1n) is 13.5. The van der Waals surface area contributed by atoms with Crippen molar-refractivity contribution in [2.75, 3.05) is 31.3 Å². The Balaban J connectivity index is 2.12. The molecule has 0 bridgehead atoms. The number of nitrogens with zero attached hydrogens (tertiary/aromatic N) is 2. The van der Waals surface area contributed by atoms with Crippen LogP contribution in [0.25, 0.3) is 0 Å². The third-order valence-electron chi connectivity index (χ3n) is 6.90. The summed E-state index contributed by atoms with van der Waals surface area (Å²) in [6.45, 7) is 2.84. The second-order valence-corrected chi connectivity index (χ2v) is 11.9. The molecule has 0 saturated heterocycles. The number of rotatable bonds is 14. The number of benzene rings is 3. The van der Waals surface area contributed by atoms with Crippen LogP contribution in [0.15, 0.2) is 72.8 Å². The van der Waals surface area contributed by atoms with Gasteiger partial charge in [-0.15, -0.1) is 0 Å². The molecule has 2 atom stereocenters. The van der Waals surface area contributed by atoms with Crippen LogP contribution in [0.2, 0.25) is 0 Å². The van der Waals surface area contributed by atoms with Crippen molar-refractivity contribution in [2.45, 2.75) is 45.3 Å². The van der Waals surface area contributed by atoms with E-state index in [0.29, 0.717) is 12.2 Å². The van der Waals surface area contributed by atoms with E-state index in [1.165, 1.54) is 49.5 Å². The molecule has 1 N–H and O–H groups in total. The normalized spacial score (nSPS) is 12.6. The molecule has 42 heavy (non-hydrogen) atoms. The molecule has 11 heteroatoms. The van der Waals surface area contributed by atoms with Gasteiger partial charge in [-0.2, -0.15) is 0 Å². The Morgan fingerprint density at radius 3 is 2.24 bits per heavy atom. The van der Waals surface area contributed by atoms with Crippen LogP contribution in [-0.2, 0) is 32.6 Å². The Bertz CT molecular complexity index is 1470. The maximum absolute atomic E-state index is 14.9. The first kappa shape index (κ1) is 32.4. The van der Waals surface area contributed by atoms with E-state index in [-0.39, 0.29) is 36.0 Å². The van der Waals surface area contributed by atoms with Crippen LogP contribution in [0, 0.1) is 5.82 Å². The lowest BCUT2D eigenvalue weighted by molar-refractivity contribution is -0.140. The average molecular weight is 600 g/mol. The minimum Gasteiger partial charge on any atom is -0.497 e. The average Bonchev–Trinajstić information content (AvgIpc) is 2.97. The van der Waals surface area contributed by atoms with Gasteiger partial charge in [0.05, 0.1) is 26.2 Å². The van der Waals surface area contributed by atoms with E-state index in [1.54, 1.807) is 12.1 Å². The van der Waals surface area contributed by atoms with Crippen molar-refractivity contribution >= 4 is 27.5 Å². The molecular weight excluding hydrogens is 561 g/mol. The standard InChI is InChI=1S/C31H38FN3O6S/c1-6-22(2)33-31(37)28(18-23-12-8-7-9-13-23)34(20-24-14-10-11-15-26(24)32)30(36)21-35(42(5,38)39)27-19-25(40-3)16-17-29(27)41-4/h7-17,19,22,28H,6,18,20-21H2,1-5H3,(H,33,37)/t22-,28-/m1/s1. The number of methoxy groups -OCH3 is 2. The first-order chi connectivity index (χ1) is 20.0. The van der Waals surface area contributed by atoms with Gasteiger partial charge in [0, 0.05) is 30.6 Å². The molecule has 0 aliphatic rings. The highest BCUT2D eigenvalue weighted by atomic mass is 32.2. The first-order valence-corrected chi connectivity index (χ1v) is 15.4. The summed E-state index contributed by atoms with van der Waals surface area (Å²) < 4.78 is 52.6. The fourth-order valence-electron chi connectivity index (χ4n) is 4.39. The van der Waals surface area contributed by atoms with Gasteiger partial charge < -0.3 is 19.7 Å². The van der Waals surface area contributed by atoms with Crippen molar-refractivity contribution in [3.63, 3.8) is 0 Å². The summed E-state index contributed by atoms with van der Waals surface area (Å²) in [5.74, 6) is -1.13. The summed E-state index contributed by atoms with van der Waals surface area (Å²) in [5.41, 5.74) is 1.05. The number of anilines is 1. The van der Waals surface area contributed by atoms with Gasteiger partial charge in [-0.05, 0) is 37.1 Å². The SMILES string of the molecule is CC[C@@H](C)NC(=O)[C@@H](Cc1ccccc1)N(Cc1ccccc1F)C(=O)CN(c1cc(OC)ccc1OC)S(C)(=O)=O. The lowest BCUT2D eigenvalue weighted by atomic mass is 10.0. The van der Waals surface area contributed by atoms with Crippen LogP contribution in [0.1, 0.15) is 31.4 Å². The molecule has 0 radical (unpaired) electrons. The Hall–Kier alpha value is -4.12. The van der Waals surface area contributed by atoms with Crippen molar-refractivity contribution in [1.82, 2.24) is 10.2 Å². The minimum absolute atomic E-state index is 0.0854. The lowest BCUT2D eigenvalue weighted by Gasteiger charge is -2.34.